The van der Waals surface area contributed by atoms with E-state index in [4.69, 9.17) is 23.4 Å². The highest BCUT2D eigenvalue weighted by Crippen LogP contribution is 2.38. The molecule has 2 aromatic rings. The minimum atomic E-state index is -1.89. The quantitative estimate of drug-likeness (QED) is 0.271. The topological polar surface area (TPSA) is 46.2 Å². The summed E-state index contributed by atoms with van der Waals surface area (Å²) in [7, 11) is 1.34. The van der Waals surface area contributed by atoms with Gasteiger partial charge in [0.2, 0.25) is 0 Å². The van der Waals surface area contributed by atoms with Gasteiger partial charge in [0.15, 0.2) is 21.9 Å². The SMILES string of the molecule is COCOc1cc(CO[Si](C)(C)C(C)(C)C)cc(OCOC)c1CC=Cc1ccccc1. The molecule has 32 heavy (non-hydrogen) atoms. The van der Waals surface area contributed by atoms with E-state index in [1.54, 1.807) is 14.2 Å². The van der Waals surface area contributed by atoms with Crippen LogP contribution in [-0.4, -0.2) is 36.1 Å². The molecule has 2 aromatic carbocycles. The molecule has 0 aliphatic carbocycles. The van der Waals surface area contributed by atoms with Crippen LogP contribution in [0.5, 0.6) is 11.5 Å². The highest BCUT2D eigenvalue weighted by atomic mass is 28.4. The van der Waals surface area contributed by atoms with Crippen molar-refractivity contribution in [3.8, 4) is 11.5 Å². The van der Waals surface area contributed by atoms with E-state index >= 15 is 0 Å². The summed E-state index contributed by atoms with van der Waals surface area (Å²) < 4.78 is 28.6. The number of hydrogen-bond acceptors (Lipinski definition) is 5. The number of methoxy groups -OCH3 is 2. The minimum Gasteiger partial charge on any atom is -0.467 e. The van der Waals surface area contributed by atoms with E-state index in [0.29, 0.717) is 13.0 Å². The van der Waals surface area contributed by atoms with Crippen molar-refractivity contribution >= 4 is 14.4 Å². The molecule has 0 atom stereocenters. The third kappa shape index (κ3) is 7.78. The first kappa shape index (κ1) is 26.1. The lowest BCUT2D eigenvalue weighted by Crippen LogP contribution is -2.40. The van der Waals surface area contributed by atoms with Gasteiger partial charge in [-0.05, 0) is 47.8 Å². The first-order chi connectivity index (χ1) is 15.2. The largest absolute Gasteiger partial charge is 0.467 e. The molecule has 0 aliphatic rings. The average molecular weight is 459 g/mol. The molecule has 0 saturated heterocycles. The molecule has 0 unspecified atom stereocenters. The number of ether oxygens (including phenoxy) is 4. The Bertz CT molecular complexity index is 827. The third-order valence-electron chi connectivity index (χ3n) is 5.73. The van der Waals surface area contributed by atoms with Gasteiger partial charge in [0, 0.05) is 19.8 Å². The van der Waals surface area contributed by atoms with Crippen LogP contribution in [0.15, 0.2) is 48.5 Å². The molecule has 0 amide bonds. The van der Waals surface area contributed by atoms with Crippen molar-refractivity contribution in [2.24, 2.45) is 0 Å². The summed E-state index contributed by atoms with van der Waals surface area (Å²) in [5.41, 5.74) is 3.09. The molecule has 0 heterocycles. The van der Waals surface area contributed by atoms with Crippen molar-refractivity contribution < 1.29 is 23.4 Å². The fourth-order valence-corrected chi connectivity index (χ4v) is 3.78. The molecule has 176 valence electrons. The van der Waals surface area contributed by atoms with E-state index in [1.165, 1.54) is 0 Å². The van der Waals surface area contributed by atoms with Crippen LogP contribution in [0.3, 0.4) is 0 Å². The Hall–Kier alpha value is -2.12. The maximum absolute atomic E-state index is 6.43. The van der Waals surface area contributed by atoms with Crippen LogP contribution < -0.4 is 9.47 Å². The highest BCUT2D eigenvalue weighted by Gasteiger charge is 2.37. The fraction of sp³-hybridized carbons (Fsp3) is 0.462. The van der Waals surface area contributed by atoms with Gasteiger partial charge in [-0.1, -0.05) is 63.3 Å². The van der Waals surface area contributed by atoms with Gasteiger partial charge in [-0.3, -0.25) is 0 Å². The molecule has 0 bridgehead atoms. The van der Waals surface area contributed by atoms with Gasteiger partial charge in [0.05, 0.1) is 6.61 Å². The summed E-state index contributed by atoms with van der Waals surface area (Å²) in [5, 5.41) is 0.139. The Balaban J connectivity index is 2.33. The molecule has 0 N–H and O–H groups in total. The van der Waals surface area contributed by atoms with Crippen LogP contribution in [0.25, 0.3) is 6.08 Å². The zero-order valence-corrected chi connectivity index (χ0v) is 21.6. The Morgan fingerprint density at radius 1 is 0.875 bits per heavy atom. The van der Waals surface area contributed by atoms with E-state index in [9.17, 15) is 0 Å². The standard InChI is InChI=1S/C26H38O5Si/c1-26(2,3)32(6,7)31-18-22-16-24(29-19-27-4)23(25(17-22)30-20-28-5)15-11-14-21-12-9-8-10-13-21/h8-14,16-17H,15,18-20H2,1-7H3. The van der Waals surface area contributed by atoms with E-state index in [1.807, 2.05) is 30.3 Å². The van der Waals surface area contributed by atoms with Gasteiger partial charge in [0.25, 0.3) is 0 Å². The van der Waals surface area contributed by atoms with Gasteiger partial charge >= 0.3 is 0 Å². The molecular formula is C26H38O5Si. The third-order valence-corrected chi connectivity index (χ3v) is 10.2. The van der Waals surface area contributed by atoms with Crippen LogP contribution in [0.2, 0.25) is 18.1 Å². The first-order valence-corrected chi connectivity index (χ1v) is 13.8. The van der Waals surface area contributed by atoms with Gasteiger partial charge in [-0.15, -0.1) is 0 Å². The van der Waals surface area contributed by atoms with Gasteiger partial charge in [-0.25, -0.2) is 0 Å². The molecular weight excluding hydrogens is 420 g/mol. The van der Waals surface area contributed by atoms with Gasteiger partial charge in [0.1, 0.15) is 11.5 Å². The van der Waals surface area contributed by atoms with E-state index in [-0.39, 0.29) is 18.6 Å². The molecule has 0 radical (unpaired) electrons. The molecule has 0 saturated carbocycles. The summed E-state index contributed by atoms with van der Waals surface area (Å²) in [6, 6.07) is 14.3. The summed E-state index contributed by atoms with van der Waals surface area (Å²) in [5.74, 6) is 1.46. The van der Waals surface area contributed by atoms with E-state index in [2.05, 4.69) is 58.2 Å². The normalized spacial score (nSPS) is 12.3. The summed E-state index contributed by atoms with van der Waals surface area (Å²) in [6.07, 6.45) is 4.85. The fourth-order valence-electron chi connectivity index (χ4n) is 2.82. The first-order valence-electron chi connectivity index (χ1n) is 10.9. The van der Waals surface area contributed by atoms with Crippen molar-refractivity contribution in [1.29, 1.82) is 0 Å². The van der Waals surface area contributed by atoms with Gasteiger partial charge < -0.3 is 23.4 Å². The molecule has 0 spiro atoms. The second-order valence-electron chi connectivity index (χ2n) is 9.24. The average Bonchev–Trinajstić information content (AvgIpc) is 2.75. The lowest BCUT2D eigenvalue weighted by atomic mass is 10.0. The summed E-state index contributed by atoms with van der Waals surface area (Å²) in [6.45, 7) is 12.0. The predicted molar refractivity (Wildman–Crippen MR) is 133 cm³/mol. The lowest BCUT2D eigenvalue weighted by Gasteiger charge is -2.36. The smallest absolute Gasteiger partial charge is 0.192 e. The number of hydrogen-bond donors (Lipinski definition) is 0. The van der Waals surface area contributed by atoms with Crippen molar-refractivity contribution in [3.05, 3.63) is 65.2 Å². The monoisotopic (exact) mass is 458 g/mol. The van der Waals surface area contributed by atoms with Crippen LogP contribution in [0, 0.1) is 0 Å². The maximum Gasteiger partial charge on any atom is 0.192 e. The Labute approximate surface area is 194 Å². The molecule has 6 heteroatoms. The maximum atomic E-state index is 6.43. The van der Waals surface area contributed by atoms with Crippen LogP contribution >= 0.6 is 0 Å². The summed E-state index contributed by atoms with van der Waals surface area (Å²) >= 11 is 0. The second-order valence-corrected chi connectivity index (χ2v) is 14.0. The second kappa shape index (κ2) is 12.2. The zero-order valence-electron chi connectivity index (χ0n) is 20.6. The molecule has 0 aromatic heterocycles. The molecule has 0 aliphatic heterocycles. The number of rotatable bonds is 12. The van der Waals surface area contributed by atoms with E-state index < -0.39 is 8.32 Å². The van der Waals surface area contributed by atoms with Crippen molar-refractivity contribution in [1.82, 2.24) is 0 Å². The molecule has 0 fully saturated rings. The van der Waals surface area contributed by atoms with Crippen molar-refractivity contribution in [2.75, 3.05) is 27.8 Å². The summed E-state index contributed by atoms with van der Waals surface area (Å²) in [4.78, 5) is 0. The Morgan fingerprint density at radius 2 is 1.44 bits per heavy atom. The predicted octanol–water partition coefficient (Wildman–Crippen LogP) is 6.43. The van der Waals surface area contributed by atoms with Crippen LogP contribution in [0.4, 0.5) is 0 Å². The van der Waals surface area contributed by atoms with Crippen molar-refractivity contribution in [3.63, 3.8) is 0 Å². The minimum absolute atomic E-state index is 0.139. The van der Waals surface area contributed by atoms with Crippen LogP contribution in [0.1, 0.15) is 37.5 Å². The molecule has 5 nitrogen and oxygen atoms in total. The van der Waals surface area contributed by atoms with Crippen molar-refractivity contribution in [2.45, 2.75) is 51.9 Å². The van der Waals surface area contributed by atoms with Crippen LogP contribution in [-0.2, 0) is 26.9 Å². The number of benzene rings is 2. The lowest BCUT2D eigenvalue weighted by molar-refractivity contribution is 0.0446. The van der Waals surface area contributed by atoms with Gasteiger partial charge in [-0.2, -0.15) is 0 Å². The zero-order chi connectivity index (χ0) is 23.6. The number of allylic oxidation sites excluding steroid dienone is 1. The Kier molecular flexibility index (Phi) is 9.97. The highest BCUT2D eigenvalue weighted by molar-refractivity contribution is 6.74. The van der Waals surface area contributed by atoms with E-state index in [0.717, 1.165) is 28.2 Å². The Morgan fingerprint density at radius 3 is 1.94 bits per heavy atom. The molecule has 2 rings (SSSR count).